The van der Waals surface area contributed by atoms with Gasteiger partial charge in [0.2, 0.25) is 0 Å². The zero-order chi connectivity index (χ0) is 23.1. The Morgan fingerprint density at radius 1 is 0.906 bits per heavy atom. The monoisotopic (exact) mass is 433 g/mol. The van der Waals surface area contributed by atoms with E-state index in [0.29, 0.717) is 23.6 Å². The second-order valence-electron chi connectivity index (χ2n) is 7.28. The first kappa shape index (κ1) is 22.9. The van der Waals surface area contributed by atoms with Gasteiger partial charge in [0.1, 0.15) is 18.1 Å². The van der Waals surface area contributed by atoms with Crippen LogP contribution < -0.4 is 14.8 Å². The summed E-state index contributed by atoms with van der Waals surface area (Å²) in [6, 6.07) is 17.8. The van der Waals surface area contributed by atoms with Gasteiger partial charge in [0, 0.05) is 11.1 Å². The molecule has 6 nitrogen and oxygen atoms in total. The number of aryl methyl sites for hydroxylation is 2. The highest BCUT2D eigenvalue weighted by molar-refractivity contribution is 6.08. The quantitative estimate of drug-likeness (QED) is 0.487. The molecule has 0 aromatic heterocycles. The Kier molecular flexibility index (Phi) is 7.49. The number of ether oxygens (including phenoxy) is 3. The fourth-order valence-electron chi connectivity index (χ4n) is 3.17. The number of para-hydroxylation sites is 1. The first-order chi connectivity index (χ1) is 15.4. The minimum Gasteiger partial charge on any atom is -0.493 e. The maximum Gasteiger partial charge on any atom is 0.339 e. The Hall–Kier alpha value is -3.80. The molecule has 0 atom stereocenters. The zero-order valence-corrected chi connectivity index (χ0v) is 18.7. The van der Waals surface area contributed by atoms with Gasteiger partial charge in [-0.15, -0.1) is 0 Å². The van der Waals surface area contributed by atoms with Crippen LogP contribution in [0, 0.1) is 13.8 Å². The normalized spacial score (nSPS) is 10.4. The van der Waals surface area contributed by atoms with Gasteiger partial charge in [0.15, 0.2) is 0 Å². The number of carbonyl (C=O) groups is 2. The number of esters is 1. The van der Waals surface area contributed by atoms with E-state index in [2.05, 4.69) is 5.32 Å². The molecule has 0 saturated heterocycles. The fraction of sp³-hybridized carbons (Fsp3) is 0.231. The van der Waals surface area contributed by atoms with E-state index in [1.807, 2.05) is 39.0 Å². The lowest BCUT2D eigenvalue weighted by Gasteiger charge is -2.14. The third-order valence-electron chi connectivity index (χ3n) is 5.08. The Balaban J connectivity index is 1.82. The van der Waals surface area contributed by atoms with Gasteiger partial charge in [-0.25, -0.2) is 4.79 Å². The molecule has 1 amide bonds. The summed E-state index contributed by atoms with van der Waals surface area (Å²) in [6.45, 7) is 6.72. The number of amides is 1. The van der Waals surface area contributed by atoms with E-state index in [0.717, 1.165) is 16.9 Å². The average Bonchev–Trinajstić information content (AvgIpc) is 2.80. The summed E-state index contributed by atoms with van der Waals surface area (Å²) in [5.74, 6) is 0.534. The van der Waals surface area contributed by atoms with Gasteiger partial charge in [-0.2, -0.15) is 0 Å². The van der Waals surface area contributed by atoms with Crippen molar-refractivity contribution < 1.29 is 23.8 Å². The summed E-state index contributed by atoms with van der Waals surface area (Å²) >= 11 is 0. The number of nitrogens with one attached hydrogen (secondary N) is 1. The van der Waals surface area contributed by atoms with Gasteiger partial charge >= 0.3 is 5.97 Å². The molecule has 3 aromatic carbocycles. The second kappa shape index (κ2) is 10.5. The molecule has 1 N–H and O–H groups in total. The van der Waals surface area contributed by atoms with Crippen molar-refractivity contribution in [1.82, 2.24) is 0 Å². The first-order valence-electron chi connectivity index (χ1n) is 10.4. The number of anilines is 1. The highest BCUT2D eigenvalue weighted by Gasteiger charge is 2.16. The average molecular weight is 434 g/mol. The molecule has 0 radical (unpaired) electrons. The molecule has 32 heavy (non-hydrogen) atoms. The van der Waals surface area contributed by atoms with Crippen LogP contribution in [0.25, 0.3) is 0 Å². The molecule has 0 aliphatic rings. The summed E-state index contributed by atoms with van der Waals surface area (Å²) < 4.78 is 16.5. The molecule has 3 aromatic rings. The molecule has 0 aliphatic heterocycles. The van der Waals surface area contributed by atoms with E-state index in [1.165, 1.54) is 12.7 Å². The van der Waals surface area contributed by atoms with Crippen LogP contribution in [-0.4, -0.2) is 25.6 Å². The smallest absolute Gasteiger partial charge is 0.339 e. The first-order valence-corrected chi connectivity index (χ1v) is 10.4. The largest absolute Gasteiger partial charge is 0.493 e. The van der Waals surface area contributed by atoms with E-state index >= 15 is 0 Å². The van der Waals surface area contributed by atoms with E-state index in [1.54, 1.807) is 42.5 Å². The minimum atomic E-state index is -0.518. The lowest BCUT2D eigenvalue weighted by atomic mass is 10.1. The third-order valence-corrected chi connectivity index (χ3v) is 5.08. The van der Waals surface area contributed by atoms with Crippen LogP contribution in [0.15, 0.2) is 60.7 Å². The summed E-state index contributed by atoms with van der Waals surface area (Å²) in [7, 11) is 1.30. The van der Waals surface area contributed by atoms with Crippen LogP contribution in [0.3, 0.4) is 0 Å². The Labute approximate surface area is 188 Å². The molecule has 0 fully saturated rings. The van der Waals surface area contributed by atoms with Crippen molar-refractivity contribution in [3.63, 3.8) is 0 Å². The molecule has 3 rings (SSSR count). The van der Waals surface area contributed by atoms with Crippen molar-refractivity contribution >= 4 is 17.6 Å². The van der Waals surface area contributed by atoms with Crippen molar-refractivity contribution in [2.75, 3.05) is 19.0 Å². The fourth-order valence-corrected chi connectivity index (χ4v) is 3.17. The van der Waals surface area contributed by atoms with Crippen LogP contribution in [0.4, 0.5) is 5.69 Å². The Bertz CT molecular complexity index is 1120. The van der Waals surface area contributed by atoms with Gasteiger partial charge in [-0.3, -0.25) is 4.79 Å². The maximum atomic E-state index is 12.9. The van der Waals surface area contributed by atoms with Gasteiger partial charge in [-0.1, -0.05) is 18.2 Å². The second-order valence-corrected chi connectivity index (χ2v) is 7.28. The highest BCUT2D eigenvalue weighted by Crippen LogP contribution is 2.25. The molecule has 6 heteroatoms. The number of carbonyl (C=O) groups excluding carboxylic acids is 2. The van der Waals surface area contributed by atoms with Gasteiger partial charge in [0.25, 0.3) is 5.91 Å². The SMILES string of the molecule is CCOc1ccc(C(=O)Nc2ccccc2C(=O)OC)cc1COc1ccc(C)c(C)c1. The summed E-state index contributed by atoms with van der Waals surface area (Å²) in [4.78, 5) is 24.9. The van der Waals surface area contributed by atoms with Crippen LogP contribution in [0.1, 0.15) is 44.3 Å². The van der Waals surface area contributed by atoms with Crippen LogP contribution in [0.2, 0.25) is 0 Å². The lowest BCUT2D eigenvalue weighted by Crippen LogP contribution is -2.16. The van der Waals surface area contributed by atoms with Gasteiger partial charge < -0.3 is 19.5 Å². The summed E-state index contributed by atoms with van der Waals surface area (Å²) in [5, 5.41) is 2.79. The summed E-state index contributed by atoms with van der Waals surface area (Å²) in [6.07, 6.45) is 0. The molecular weight excluding hydrogens is 406 g/mol. The van der Waals surface area contributed by atoms with Crippen molar-refractivity contribution in [3.8, 4) is 11.5 Å². The van der Waals surface area contributed by atoms with E-state index in [-0.39, 0.29) is 18.1 Å². The summed E-state index contributed by atoms with van der Waals surface area (Å²) in [5.41, 5.74) is 4.17. The van der Waals surface area contributed by atoms with E-state index in [9.17, 15) is 9.59 Å². The van der Waals surface area contributed by atoms with Gasteiger partial charge in [0.05, 0.1) is 25.0 Å². The number of hydrogen-bond donors (Lipinski definition) is 1. The Morgan fingerprint density at radius 3 is 2.41 bits per heavy atom. The minimum absolute atomic E-state index is 0.248. The molecule has 0 unspecified atom stereocenters. The molecule has 0 heterocycles. The molecule has 0 bridgehead atoms. The predicted molar refractivity (Wildman–Crippen MR) is 124 cm³/mol. The highest BCUT2D eigenvalue weighted by atomic mass is 16.5. The van der Waals surface area contributed by atoms with Crippen LogP contribution >= 0.6 is 0 Å². The number of rotatable bonds is 8. The molecule has 0 saturated carbocycles. The molecule has 0 aliphatic carbocycles. The van der Waals surface area contributed by atoms with Crippen molar-refractivity contribution in [2.24, 2.45) is 0 Å². The van der Waals surface area contributed by atoms with Crippen molar-refractivity contribution in [3.05, 3.63) is 88.5 Å². The van der Waals surface area contributed by atoms with Crippen LogP contribution in [0.5, 0.6) is 11.5 Å². The molecular formula is C26H27NO5. The molecule has 166 valence electrons. The number of methoxy groups -OCH3 is 1. The van der Waals surface area contributed by atoms with Crippen molar-refractivity contribution in [2.45, 2.75) is 27.4 Å². The number of benzene rings is 3. The van der Waals surface area contributed by atoms with Crippen LogP contribution in [-0.2, 0) is 11.3 Å². The molecule has 0 spiro atoms. The maximum absolute atomic E-state index is 12.9. The number of hydrogen-bond acceptors (Lipinski definition) is 5. The van der Waals surface area contributed by atoms with E-state index in [4.69, 9.17) is 14.2 Å². The Morgan fingerprint density at radius 2 is 1.69 bits per heavy atom. The third kappa shape index (κ3) is 5.46. The van der Waals surface area contributed by atoms with E-state index < -0.39 is 5.97 Å². The lowest BCUT2D eigenvalue weighted by molar-refractivity contribution is 0.0602. The topological polar surface area (TPSA) is 73.9 Å². The zero-order valence-electron chi connectivity index (χ0n) is 18.7. The van der Waals surface area contributed by atoms with Crippen molar-refractivity contribution in [1.29, 1.82) is 0 Å². The van der Waals surface area contributed by atoms with Gasteiger partial charge in [-0.05, 0) is 74.4 Å². The standard InChI is InChI=1S/C26H27NO5/c1-5-31-24-13-11-19(15-20(24)16-32-21-12-10-17(2)18(3)14-21)25(28)27-23-9-7-6-8-22(23)26(29)30-4/h6-15H,5,16H2,1-4H3,(H,27,28). The predicted octanol–water partition coefficient (Wildman–Crippen LogP) is 5.32.